The minimum absolute atomic E-state index is 0. The van der Waals surface area contributed by atoms with Crippen molar-refractivity contribution in [2.45, 2.75) is 0 Å². The van der Waals surface area contributed by atoms with Crippen LogP contribution in [-0.2, 0) is 36.9 Å². The fraction of sp³-hybridized carbons (Fsp3) is 0. The van der Waals surface area contributed by atoms with Crippen molar-refractivity contribution in [3.63, 3.8) is 0 Å². The van der Waals surface area contributed by atoms with E-state index in [1.807, 2.05) is 0 Å². The van der Waals surface area contributed by atoms with Gasteiger partial charge in [-0.3, -0.25) is 0 Å². The molecule has 0 aromatic carbocycles. The number of hydrogen-bond donors (Lipinski definition) is 0. The molecule has 0 bridgehead atoms. The van der Waals surface area contributed by atoms with Crippen LogP contribution in [0.3, 0.4) is 0 Å². The Bertz CT molecular complexity index is 147. The Balaban J connectivity index is 0. The van der Waals surface area contributed by atoms with Gasteiger partial charge in [0.2, 0.25) is 0 Å². The minimum Gasteiger partial charge on any atom is -0.619 e. The van der Waals surface area contributed by atoms with Crippen LogP contribution >= 0.6 is 0 Å². The van der Waals surface area contributed by atoms with Crippen LogP contribution < -0.4 is 4.73 Å². The Morgan fingerprint density at radius 3 is 1.67 bits per heavy atom. The maximum atomic E-state index is 10.2. The second-order valence-corrected chi connectivity index (χ2v) is 1.24. The molecule has 1 rings (SSSR count). The molecule has 0 radical (unpaired) electrons. The molecule has 56 valence electrons. The fourth-order valence-electron chi connectivity index (χ4n) is 0.383. The Morgan fingerprint density at radius 2 is 1.44 bits per heavy atom. The summed E-state index contributed by atoms with van der Waals surface area (Å²) in [5.74, 6) is 0. The molecule has 4 heteroatoms. The first kappa shape index (κ1) is 11.8. The van der Waals surface area contributed by atoms with Crippen LogP contribution in [0, 0.1) is 5.21 Å². The molecule has 1 aromatic heterocycles. The van der Waals surface area contributed by atoms with Gasteiger partial charge in [-0.05, 0) is 0 Å². The van der Waals surface area contributed by atoms with E-state index in [9.17, 15) is 5.21 Å². The van der Waals surface area contributed by atoms with Crippen molar-refractivity contribution in [3.8, 4) is 0 Å². The molecule has 1 heterocycles. The molecule has 0 aliphatic heterocycles. The van der Waals surface area contributed by atoms with Crippen molar-refractivity contribution in [3.05, 3.63) is 35.8 Å². The summed E-state index contributed by atoms with van der Waals surface area (Å²) in [6, 6.07) is 5.18. The van der Waals surface area contributed by atoms with Gasteiger partial charge in [0.1, 0.15) is 0 Å². The van der Waals surface area contributed by atoms with Gasteiger partial charge in [0, 0.05) is 49.0 Å². The zero-order chi connectivity index (χ0) is 5.11. The summed E-state index contributed by atoms with van der Waals surface area (Å²) in [5, 5.41) is 10.2. The largest absolute Gasteiger partial charge is 0.619 e. The van der Waals surface area contributed by atoms with Crippen molar-refractivity contribution in [1.82, 2.24) is 0 Å². The first-order chi connectivity index (χ1) is 3.39. The van der Waals surface area contributed by atoms with E-state index >= 15 is 0 Å². The first-order valence-corrected chi connectivity index (χ1v) is 2.03. The third-order valence-electron chi connectivity index (χ3n) is 0.688. The molecule has 0 aliphatic carbocycles. The van der Waals surface area contributed by atoms with E-state index in [1.54, 1.807) is 18.2 Å². The molecule has 0 aliphatic rings. The quantitative estimate of drug-likeness (QED) is 0.375. The van der Waals surface area contributed by atoms with Crippen molar-refractivity contribution < 1.29 is 41.6 Å². The smallest absolute Gasteiger partial charge is 0.180 e. The molecule has 1 aromatic rings. The Hall–Kier alpha value is 0.106. The molecular weight excluding hydrogens is 255 g/mol. The second-order valence-electron chi connectivity index (χ2n) is 1.24. The van der Waals surface area contributed by atoms with Crippen molar-refractivity contribution >= 4 is 0 Å². The van der Waals surface area contributed by atoms with Gasteiger partial charge in [0.15, 0.2) is 12.4 Å². The van der Waals surface area contributed by atoms with Gasteiger partial charge >= 0.3 is 0 Å². The normalized spacial score (nSPS) is 6.67. The van der Waals surface area contributed by atoms with Crippen LogP contribution in [0.1, 0.15) is 0 Å². The van der Waals surface area contributed by atoms with E-state index in [0.717, 1.165) is 4.73 Å². The Kier molecular flexibility index (Phi) is 8.20. The summed E-state index contributed by atoms with van der Waals surface area (Å²) in [6.07, 6.45) is 2.89. The average Bonchev–Trinajstić information content (AvgIpc) is 1.69. The van der Waals surface area contributed by atoms with E-state index in [4.69, 9.17) is 0 Å². The third-order valence-corrected chi connectivity index (χ3v) is 0.688. The van der Waals surface area contributed by atoms with E-state index in [0.29, 0.717) is 0 Å². The summed E-state index contributed by atoms with van der Waals surface area (Å²) < 4.78 is 0.750. The zero-order valence-corrected chi connectivity index (χ0v) is 6.92. The van der Waals surface area contributed by atoms with Crippen molar-refractivity contribution in [1.29, 1.82) is 0 Å². The summed E-state index contributed by atoms with van der Waals surface area (Å²) in [6.45, 7) is 0. The van der Waals surface area contributed by atoms with Gasteiger partial charge < -0.3 is 5.21 Å². The van der Waals surface area contributed by atoms with E-state index in [2.05, 4.69) is 0 Å². The zero-order valence-electron chi connectivity index (χ0n) is 4.37. The first-order valence-electron chi connectivity index (χ1n) is 2.03. The molecule has 0 atom stereocenters. The fourth-order valence-corrected chi connectivity index (χ4v) is 0.383. The van der Waals surface area contributed by atoms with Gasteiger partial charge in [0.25, 0.3) is 0 Å². The summed E-state index contributed by atoms with van der Waals surface area (Å²) in [7, 11) is 0. The maximum absolute atomic E-state index is 10.2. The van der Waals surface area contributed by atoms with Crippen molar-refractivity contribution in [2.75, 3.05) is 0 Å². The summed E-state index contributed by atoms with van der Waals surface area (Å²) in [5.41, 5.74) is 0. The molecule has 0 amide bonds. The number of aromatic nitrogens is 1. The molecule has 9 heavy (non-hydrogen) atoms. The molecule has 0 unspecified atom stereocenters. The SMILES string of the molecule is [Ni].[O-][n+]1ccccc1.[Pd]. The monoisotopic (exact) mass is 259 g/mol. The third kappa shape index (κ3) is 4.60. The maximum Gasteiger partial charge on any atom is 0.180 e. The predicted molar refractivity (Wildman–Crippen MR) is 25.4 cm³/mol. The molecule has 0 spiro atoms. The summed E-state index contributed by atoms with van der Waals surface area (Å²) in [4.78, 5) is 0. The number of pyridine rings is 1. The van der Waals surface area contributed by atoms with Gasteiger partial charge in [-0.25, -0.2) is 0 Å². The molecule has 2 nitrogen and oxygen atoms in total. The molecule has 0 N–H and O–H groups in total. The van der Waals surface area contributed by atoms with Crippen LogP contribution in [0.25, 0.3) is 0 Å². The predicted octanol–water partition coefficient (Wildman–Crippen LogP) is 0.315. The van der Waals surface area contributed by atoms with Gasteiger partial charge in [0.05, 0.1) is 0 Å². The van der Waals surface area contributed by atoms with Crippen LogP contribution in [0.4, 0.5) is 0 Å². The minimum atomic E-state index is 0. The Morgan fingerprint density at radius 1 is 1.00 bits per heavy atom. The molecule has 0 saturated heterocycles. The second kappa shape index (κ2) is 6.23. The van der Waals surface area contributed by atoms with Crippen LogP contribution in [-0.4, -0.2) is 0 Å². The van der Waals surface area contributed by atoms with Gasteiger partial charge in [-0.15, -0.1) is 0 Å². The standard InChI is InChI=1S/C5H5NO.Ni.Pd/c7-6-4-2-1-3-5-6;;/h1-5H;;. The van der Waals surface area contributed by atoms with E-state index in [-0.39, 0.29) is 36.9 Å². The number of hydrogen-bond acceptors (Lipinski definition) is 1. The number of rotatable bonds is 0. The summed E-state index contributed by atoms with van der Waals surface area (Å²) >= 11 is 0. The van der Waals surface area contributed by atoms with E-state index < -0.39 is 0 Å². The van der Waals surface area contributed by atoms with Crippen LogP contribution in [0.5, 0.6) is 0 Å². The van der Waals surface area contributed by atoms with Gasteiger partial charge in [-0.2, -0.15) is 4.73 Å². The van der Waals surface area contributed by atoms with Gasteiger partial charge in [-0.1, -0.05) is 6.07 Å². The van der Waals surface area contributed by atoms with Crippen molar-refractivity contribution in [2.24, 2.45) is 0 Å². The topological polar surface area (TPSA) is 26.9 Å². The Labute approximate surface area is 77.4 Å². The average molecular weight is 260 g/mol. The van der Waals surface area contributed by atoms with Crippen LogP contribution in [0.2, 0.25) is 0 Å². The molecule has 0 saturated carbocycles. The van der Waals surface area contributed by atoms with Crippen LogP contribution in [0.15, 0.2) is 30.6 Å². The molecular formula is C5H5NNiOPd. The van der Waals surface area contributed by atoms with E-state index in [1.165, 1.54) is 12.4 Å². The number of nitrogens with zero attached hydrogens (tertiary/aromatic N) is 1. The molecule has 0 fully saturated rings.